The van der Waals surface area contributed by atoms with Crippen molar-refractivity contribution in [2.24, 2.45) is 0 Å². The van der Waals surface area contributed by atoms with Crippen LogP contribution in [0.15, 0.2) is 0 Å². The van der Waals surface area contributed by atoms with E-state index in [1.165, 1.54) is 0 Å². The van der Waals surface area contributed by atoms with Gasteiger partial charge in [-0.05, 0) is 6.42 Å². The Balaban J connectivity index is 2.85. The molecule has 0 aliphatic rings. The van der Waals surface area contributed by atoms with E-state index in [2.05, 4.69) is 11.7 Å². The zero-order chi connectivity index (χ0) is 8.53. The Morgan fingerprint density at radius 1 is 1.55 bits per heavy atom. The average molecular weight is 196 g/mol. The Labute approximate surface area is 74.3 Å². The largest absolute Gasteiger partial charge is 0.505 e. The maximum absolute atomic E-state index is 9.85. The molecule has 0 fully saturated rings. The normalized spacial score (nSPS) is 9.55. The molecule has 3 nitrogen and oxygen atoms in total. The Kier molecular flexibility index (Phi) is 8.05. The van der Waals surface area contributed by atoms with E-state index < -0.39 is 6.16 Å². The first kappa shape index (κ1) is 11.0. The Hall–Kier alpha value is -0.0300. The van der Waals surface area contributed by atoms with Crippen molar-refractivity contribution in [3.8, 4) is 0 Å². The van der Waals surface area contributed by atoms with Crippen LogP contribution >= 0.6 is 21.6 Å². The van der Waals surface area contributed by atoms with Crippen molar-refractivity contribution in [2.45, 2.75) is 13.3 Å². The monoisotopic (exact) mass is 196 g/mol. The summed E-state index contributed by atoms with van der Waals surface area (Å²) in [7, 11) is 3.53. The van der Waals surface area contributed by atoms with E-state index in [9.17, 15) is 4.79 Å². The standard InChI is InChI=1S/C6H12O3S2/c1-2-10-11-5-3-4-9-6(7)8/h2-5H2,1H3,(H,7,8). The highest BCUT2D eigenvalue weighted by Gasteiger charge is 1.94. The van der Waals surface area contributed by atoms with Crippen molar-refractivity contribution in [3.05, 3.63) is 0 Å². The molecule has 0 saturated carbocycles. The summed E-state index contributed by atoms with van der Waals surface area (Å²) in [5.74, 6) is 2.04. The molecule has 1 N–H and O–H groups in total. The summed E-state index contributed by atoms with van der Waals surface area (Å²) >= 11 is 0. The molecule has 66 valence electrons. The van der Waals surface area contributed by atoms with E-state index >= 15 is 0 Å². The van der Waals surface area contributed by atoms with Gasteiger partial charge in [-0.25, -0.2) is 4.79 Å². The fourth-order valence-corrected chi connectivity index (χ4v) is 2.15. The van der Waals surface area contributed by atoms with Crippen LogP contribution in [0.1, 0.15) is 13.3 Å². The van der Waals surface area contributed by atoms with Gasteiger partial charge in [0.1, 0.15) is 0 Å². The molecule has 0 bridgehead atoms. The zero-order valence-electron chi connectivity index (χ0n) is 6.41. The minimum atomic E-state index is -1.18. The zero-order valence-corrected chi connectivity index (χ0v) is 8.04. The SMILES string of the molecule is CCSSCCCOC(=O)O. The van der Waals surface area contributed by atoms with Crippen LogP contribution in [0.4, 0.5) is 4.79 Å². The number of hydrogen-bond donors (Lipinski definition) is 1. The summed E-state index contributed by atoms with van der Waals surface area (Å²) in [4.78, 5) is 9.85. The first-order valence-electron chi connectivity index (χ1n) is 3.37. The van der Waals surface area contributed by atoms with E-state index in [0.717, 1.165) is 17.9 Å². The summed E-state index contributed by atoms with van der Waals surface area (Å²) in [6.45, 7) is 2.40. The summed E-state index contributed by atoms with van der Waals surface area (Å²) < 4.78 is 4.32. The van der Waals surface area contributed by atoms with Gasteiger partial charge in [-0.1, -0.05) is 28.5 Å². The maximum Gasteiger partial charge on any atom is 0.505 e. The third-order valence-corrected chi connectivity index (χ3v) is 3.36. The lowest BCUT2D eigenvalue weighted by atomic mass is 10.5. The average Bonchev–Trinajstić information content (AvgIpc) is 1.96. The Bertz CT molecular complexity index is 108. The highest BCUT2D eigenvalue weighted by Crippen LogP contribution is 2.20. The smallest absolute Gasteiger partial charge is 0.450 e. The Morgan fingerprint density at radius 2 is 2.27 bits per heavy atom. The summed E-state index contributed by atoms with van der Waals surface area (Å²) in [5.41, 5.74) is 0. The summed E-state index contributed by atoms with van der Waals surface area (Å²) in [5, 5.41) is 8.08. The van der Waals surface area contributed by atoms with E-state index in [4.69, 9.17) is 5.11 Å². The number of ether oxygens (including phenoxy) is 1. The molecule has 0 heterocycles. The third-order valence-electron chi connectivity index (χ3n) is 0.799. The van der Waals surface area contributed by atoms with Crippen LogP contribution in [0.5, 0.6) is 0 Å². The highest BCUT2D eigenvalue weighted by molar-refractivity contribution is 8.76. The van der Waals surface area contributed by atoms with Crippen LogP contribution < -0.4 is 0 Å². The molecule has 0 aliphatic heterocycles. The van der Waals surface area contributed by atoms with Crippen LogP contribution in [-0.2, 0) is 4.74 Å². The maximum atomic E-state index is 9.85. The van der Waals surface area contributed by atoms with Gasteiger partial charge < -0.3 is 9.84 Å². The number of carboxylic acid groups (broad SMARTS) is 1. The molecule has 0 saturated heterocycles. The molecule has 0 unspecified atom stereocenters. The van der Waals surface area contributed by atoms with Gasteiger partial charge in [-0.3, -0.25) is 0 Å². The van der Waals surface area contributed by atoms with Gasteiger partial charge in [0.25, 0.3) is 0 Å². The number of hydrogen-bond acceptors (Lipinski definition) is 4. The predicted molar refractivity (Wildman–Crippen MR) is 49.2 cm³/mol. The Morgan fingerprint density at radius 3 is 2.82 bits per heavy atom. The first-order valence-corrected chi connectivity index (χ1v) is 5.86. The molecule has 11 heavy (non-hydrogen) atoms. The minimum Gasteiger partial charge on any atom is -0.450 e. The number of rotatable bonds is 6. The van der Waals surface area contributed by atoms with Gasteiger partial charge in [0.2, 0.25) is 0 Å². The first-order chi connectivity index (χ1) is 5.27. The van der Waals surface area contributed by atoms with Crippen molar-refractivity contribution >= 4 is 27.7 Å². The van der Waals surface area contributed by atoms with Crippen LogP contribution in [0.2, 0.25) is 0 Å². The second-order valence-corrected chi connectivity index (χ2v) is 4.57. The van der Waals surface area contributed by atoms with Gasteiger partial charge in [0, 0.05) is 11.5 Å². The lowest BCUT2D eigenvalue weighted by Crippen LogP contribution is -2.01. The molecule has 0 atom stereocenters. The highest BCUT2D eigenvalue weighted by atomic mass is 33.1. The van der Waals surface area contributed by atoms with Crippen molar-refractivity contribution in [1.29, 1.82) is 0 Å². The second kappa shape index (κ2) is 8.07. The van der Waals surface area contributed by atoms with Crippen LogP contribution in [0.3, 0.4) is 0 Å². The molecule has 0 spiro atoms. The van der Waals surface area contributed by atoms with Gasteiger partial charge in [-0.2, -0.15) is 0 Å². The van der Waals surface area contributed by atoms with Crippen LogP contribution in [0.25, 0.3) is 0 Å². The molecule has 0 aromatic heterocycles. The van der Waals surface area contributed by atoms with Gasteiger partial charge in [-0.15, -0.1) is 0 Å². The number of carbonyl (C=O) groups is 1. The van der Waals surface area contributed by atoms with Gasteiger partial charge in [0.15, 0.2) is 0 Å². The molecular formula is C6H12O3S2. The van der Waals surface area contributed by atoms with E-state index in [0.29, 0.717) is 6.61 Å². The molecule has 0 aromatic rings. The van der Waals surface area contributed by atoms with E-state index in [1.54, 1.807) is 21.6 Å². The molecule has 0 amide bonds. The fraction of sp³-hybridized carbons (Fsp3) is 0.833. The molecule has 0 radical (unpaired) electrons. The summed E-state index contributed by atoms with van der Waals surface area (Å²) in [6, 6.07) is 0. The molecule has 0 aliphatic carbocycles. The van der Waals surface area contributed by atoms with Crippen molar-refractivity contribution in [2.75, 3.05) is 18.1 Å². The fourth-order valence-electron chi connectivity index (χ4n) is 0.420. The molecular weight excluding hydrogens is 184 g/mol. The third kappa shape index (κ3) is 9.97. The molecule has 0 aromatic carbocycles. The topological polar surface area (TPSA) is 46.5 Å². The lowest BCUT2D eigenvalue weighted by Gasteiger charge is -1.98. The molecule has 5 heteroatoms. The lowest BCUT2D eigenvalue weighted by molar-refractivity contribution is 0.0920. The molecule has 0 rings (SSSR count). The predicted octanol–water partition coefficient (Wildman–Crippen LogP) is 2.47. The van der Waals surface area contributed by atoms with E-state index in [-0.39, 0.29) is 0 Å². The second-order valence-electron chi connectivity index (χ2n) is 1.70. The van der Waals surface area contributed by atoms with Gasteiger partial charge in [0.05, 0.1) is 6.61 Å². The summed E-state index contributed by atoms with van der Waals surface area (Å²) in [6.07, 6.45) is -0.387. The van der Waals surface area contributed by atoms with Crippen molar-refractivity contribution in [1.82, 2.24) is 0 Å². The van der Waals surface area contributed by atoms with E-state index in [1.807, 2.05) is 0 Å². The van der Waals surface area contributed by atoms with Crippen LogP contribution in [-0.4, -0.2) is 29.4 Å². The van der Waals surface area contributed by atoms with Crippen LogP contribution in [0, 0.1) is 0 Å². The van der Waals surface area contributed by atoms with Crippen molar-refractivity contribution in [3.63, 3.8) is 0 Å². The quantitative estimate of drug-likeness (QED) is 0.402. The van der Waals surface area contributed by atoms with Gasteiger partial charge >= 0.3 is 6.16 Å². The van der Waals surface area contributed by atoms with Crippen molar-refractivity contribution < 1.29 is 14.6 Å². The minimum absolute atomic E-state index is 0.312.